The van der Waals surface area contributed by atoms with Crippen LogP contribution in [0.5, 0.6) is 5.75 Å². The fourth-order valence-electron chi connectivity index (χ4n) is 2.80. The lowest BCUT2D eigenvalue weighted by atomic mass is 10.2. The summed E-state index contributed by atoms with van der Waals surface area (Å²) in [6.45, 7) is 2.14. The predicted molar refractivity (Wildman–Crippen MR) is 132 cm³/mol. The first-order valence-corrected chi connectivity index (χ1v) is 13.2. The van der Waals surface area contributed by atoms with Crippen LogP contribution in [0, 0.1) is 0 Å². The largest absolute Gasteiger partial charge is 0.748 e. The van der Waals surface area contributed by atoms with Gasteiger partial charge in [-0.15, -0.1) is 0 Å². The van der Waals surface area contributed by atoms with E-state index in [9.17, 15) is 14.4 Å². The summed E-state index contributed by atoms with van der Waals surface area (Å²) in [5, 5.41) is -0.224. The number of nitrogens with two attached hydrogens (primary N) is 2. The summed E-state index contributed by atoms with van der Waals surface area (Å²) in [4.78, 5) is 41.2. The van der Waals surface area contributed by atoms with E-state index < -0.39 is 16.1 Å². The van der Waals surface area contributed by atoms with Crippen molar-refractivity contribution in [1.29, 1.82) is 0 Å². The number of hydrogen-bond donors (Lipinski definition) is 3. The molecular formula is C22H26N4O8S2. The van der Waals surface area contributed by atoms with Gasteiger partial charge in [-0.1, -0.05) is 11.8 Å². The Labute approximate surface area is 212 Å². The van der Waals surface area contributed by atoms with Crippen LogP contribution < -0.4 is 21.2 Å². The van der Waals surface area contributed by atoms with E-state index in [2.05, 4.69) is 4.99 Å². The van der Waals surface area contributed by atoms with E-state index in [4.69, 9.17) is 33.9 Å². The third-order valence-corrected chi connectivity index (χ3v) is 5.29. The Hall–Kier alpha value is -3.46. The lowest BCUT2D eigenvalue weighted by Crippen LogP contribution is -2.72. The van der Waals surface area contributed by atoms with Gasteiger partial charge in [0, 0.05) is 24.9 Å². The SMILES string of the molecule is CS(=O)(=O)[O-].NC(N)=[NH+]c1ccc(C(=O)Oc2ccc(C(=O)SCC(=O)N3CCOCC3)cc2)cc1. The number of guanidine groups is 1. The molecule has 0 spiro atoms. The zero-order valence-corrected chi connectivity index (χ0v) is 21.0. The first-order chi connectivity index (χ1) is 16.9. The number of carbonyl (C=O) groups is 3. The van der Waals surface area contributed by atoms with E-state index in [0.717, 1.165) is 11.8 Å². The predicted octanol–water partition coefficient (Wildman–Crippen LogP) is -1.22. The molecule has 5 N–H and O–H groups in total. The molecule has 1 aliphatic heterocycles. The van der Waals surface area contributed by atoms with Gasteiger partial charge in [0.15, 0.2) is 0 Å². The van der Waals surface area contributed by atoms with Crippen molar-refractivity contribution in [2.45, 2.75) is 0 Å². The van der Waals surface area contributed by atoms with Crippen LogP contribution >= 0.6 is 11.8 Å². The topological polar surface area (TPSA) is 196 Å². The number of amides is 1. The number of morpholine rings is 1. The molecule has 3 rings (SSSR count). The fourth-order valence-corrected chi connectivity index (χ4v) is 3.54. The molecule has 2 aromatic rings. The number of hydrogen-bond acceptors (Lipinski definition) is 9. The summed E-state index contributed by atoms with van der Waals surface area (Å²) in [5.74, 6) is -0.193. The minimum absolute atomic E-state index is 0.0496. The van der Waals surface area contributed by atoms with E-state index in [0.29, 0.717) is 55.1 Å². The summed E-state index contributed by atoms with van der Waals surface area (Å²) in [6, 6.07) is 12.6. The first kappa shape index (κ1) is 28.8. The number of ether oxygens (including phenoxy) is 2. The lowest BCUT2D eigenvalue weighted by Gasteiger charge is -2.26. The smallest absolute Gasteiger partial charge is 0.343 e. The van der Waals surface area contributed by atoms with Gasteiger partial charge in [0.05, 0.1) is 40.3 Å². The second-order valence-electron chi connectivity index (χ2n) is 7.35. The Morgan fingerprint density at radius 1 is 1.03 bits per heavy atom. The molecule has 1 saturated heterocycles. The van der Waals surface area contributed by atoms with Gasteiger partial charge in [-0.2, -0.15) is 0 Å². The van der Waals surface area contributed by atoms with Crippen LogP contribution in [-0.4, -0.2) is 79.1 Å². The maximum absolute atomic E-state index is 12.3. The molecule has 1 aliphatic rings. The number of benzene rings is 2. The van der Waals surface area contributed by atoms with Crippen molar-refractivity contribution in [3.63, 3.8) is 0 Å². The highest BCUT2D eigenvalue weighted by Crippen LogP contribution is 2.19. The van der Waals surface area contributed by atoms with Crippen molar-refractivity contribution in [3.8, 4) is 5.75 Å². The molecule has 0 atom stereocenters. The van der Waals surface area contributed by atoms with E-state index >= 15 is 0 Å². The van der Waals surface area contributed by atoms with Crippen LogP contribution in [0.2, 0.25) is 0 Å². The minimum Gasteiger partial charge on any atom is -0.748 e. The maximum Gasteiger partial charge on any atom is 0.343 e. The molecule has 12 nitrogen and oxygen atoms in total. The molecular weight excluding hydrogens is 512 g/mol. The van der Waals surface area contributed by atoms with Gasteiger partial charge in [-0.25, -0.2) is 18.2 Å². The number of esters is 1. The second-order valence-corrected chi connectivity index (χ2v) is 9.70. The molecule has 1 amide bonds. The average molecular weight is 539 g/mol. The summed E-state index contributed by atoms with van der Waals surface area (Å²) < 4.78 is 37.8. The molecule has 14 heteroatoms. The van der Waals surface area contributed by atoms with Crippen LogP contribution in [-0.2, 0) is 19.6 Å². The molecule has 1 fully saturated rings. The van der Waals surface area contributed by atoms with E-state index in [1.54, 1.807) is 41.3 Å². The van der Waals surface area contributed by atoms with Crippen LogP contribution in [0.3, 0.4) is 0 Å². The standard InChI is InChI=1S/C21H22N4O5S.CH4O3S/c22-21(23)24-16-5-1-14(2-6-16)19(27)30-17-7-3-15(4-8-17)20(28)31-13-18(26)25-9-11-29-12-10-25;1-5(2,3)4/h1-8H,9-13H2,(H4,22,23,24);1H3,(H,2,3,4). The molecule has 1 heterocycles. The highest BCUT2D eigenvalue weighted by Gasteiger charge is 2.18. The highest BCUT2D eigenvalue weighted by molar-refractivity contribution is 8.14. The molecule has 0 bridgehead atoms. The van der Waals surface area contributed by atoms with Gasteiger partial charge < -0.3 is 18.9 Å². The number of thioether (sulfide) groups is 1. The fraction of sp³-hybridized carbons (Fsp3) is 0.273. The van der Waals surface area contributed by atoms with Crippen molar-refractivity contribution in [2.75, 3.05) is 38.3 Å². The summed E-state index contributed by atoms with van der Waals surface area (Å²) in [6.07, 6.45) is 0.604. The van der Waals surface area contributed by atoms with Gasteiger partial charge >= 0.3 is 11.9 Å². The van der Waals surface area contributed by atoms with E-state index in [1.165, 1.54) is 12.1 Å². The molecule has 0 unspecified atom stereocenters. The molecule has 0 aromatic heterocycles. The minimum atomic E-state index is -3.92. The monoisotopic (exact) mass is 538 g/mol. The number of carbonyl (C=O) groups excluding carboxylic acids is 3. The molecule has 36 heavy (non-hydrogen) atoms. The molecule has 0 aliphatic carbocycles. The van der Waals surface area contributed by atoms with Crippen LogP contribution in [0.4, 0.5) is 5.69 Å². The van der Waals surface area contributed by atoms with Gasteiger partial charge in [0.2, 0.25) is 11.0 Å². The van der Waals surface area contributed by atoms with E-state index in [-0.39, 0.29) is 22.7 Å². The first-order valence-electron chi connectivity index (χ1n) is 10.4. The molecule has 0 saturated carbocycles. The summed E-state index contributed by atoms with van der Waals surface area (Å²) in [7, 11) is -3.92. The molecule has 2 aromatic carbocycles. The molecule has 194 valence electrons. The zero-order chi connectivity index (χ0) is 26.7. The summed E-state index contributed by atoms with van der Waals surface area (Å²) in [5.41, 5.74) is 12.1. The number of rotatable bonds is 6. The van der Waals surface area contributed by atoms with E-state index in [1.807, 2.05) is 0 Å². The van der Waals surface area contributed by atoms with Crippen LogP contribution in [0.1, 0.15) is 20.7 Å². The quantitative estimate of drug-likeness (QED) is 0.131. The molecule has 0 radical (unpaired) electrons. The number of nitrogens with zero attached hydrogens (tertiary/aromatic N) is 1. The Morgan fingerprint density at radius 2 is 1.56 bits per heavy atom. The second kappa shape index (κ2) is 13.6. The van der Waals surface area contributed by atoms with Gasteiger partial charge in [-0.05, 0) is 48.5 Å². The van der Waals surface area contributed by atoms with Crippen molar-refractivity contribution >= 4 is 50.5 Å². The maximum atomic E-state index is 12.3. The van der Waals surface area contributed by atoms with Crippen molar-refractivity contribution < 1.29 is 41.8 Å². The van der Waals surface area contributed by atoms with Crippen molar-refractivity contribution in [1.82, 2.24) is 4.90 Å². The van der Waals surface area contributed by atoms with Crippen LogP contribution in [0.25, 0.3) is 0 Å². The van der Waals surface area contributed by atoms with Gasteiger partial charge in [0.25, 0.3) is 0 Å². The number of nitrogens with one attached hydrogen (secondary N) is 1. The lowest BCUT2D eigenvalue weighted by molar-refractivity contribution is -0.356. The van der Waals surface area contributed by atoms with Crippen LogP contribution in [0.15, 0.2) is 48.5 Å². The Bertz CT molecular complexity index is 1180. The third-order valence-electron chi connectivity index (χ3n) is 4.40. The summed E-state index contributed by atoms with van der Waals surface area (Å²) >= 11 is 0.949. The Balaban J connectivity index is 0.000000830. The average Bonchev–Trinajstić information content (AvgIpc) is 2.82. The zero-order valence-electron chi connectivity index (χ0n) is 19.3. The van der Waals surface area contributed by atoms with Gasteiger partial charge in [0.1, 0.15) is 5.75 Å². The van der Waals surface area contributed by atoms with Gasteiger partial charge in [-0.3, -0.25) is 21.1 Å². The van der Waals surface area contributed by atoms with Crippen molar-refractivity contribution in [3.05, 3.63) is 59.7 Å². The Kier molecular flexibility index (Phi) is 10.9. The van der Waals surface area contributed by atoms with Crippen molar-refractivity contribution in [2.24, 2.45) is 11.5 Å². The normalized spacial score (nSPS) is 13.1. The Morgan fingerprint density at radius 3 is 2.08 bits per heavy atom. The third kappa shape index (κ3) is 10.9. The highest BCUT2D eigenvalue weighted by atomic mass is 32.2.